The van der Waals surface area contributed by atoms with E-state index in [-0.39, 0.29) is 12.4 Å². The second-order valence-electron chi connectivity index (χ2n) is 6.95. The summed E-state index contributed by atoms with van der Waals surface area (Å²) in [5.74, 6) is 11.3. The first-order valence-electron chi connectivity index (χ1n) is 9.32. The van der Waals surface area contributed by atoms with Crippen LogP contribution in [-0.2, 0) is 6.61 Å². The van der Waals surface area contributed by atoms with Crippen molar-refractivity contribution in [3.63, 3.8) is 0 Å². The minimum absolute atomic E-state index is 0.186. The van der Waals surface area contributed by atoms with Gasteiger partial charge in [-0.1, -0.05) is 12.1 Å². The van der Waals surface area contributed by atoms with Crippen LogP contribution in [0.5, 0.6) is 5.75 Å². The molecule has 8 heteroatoms. The van der Waals surface area contributed by atoms with Gasteiger partial charge in [0.25, 0.3) is 0 Å². The Morgan fingerprint density at radius 1 is 1.13 bits per heavy atom. The lowest BCUT2D eigenvalue weighted by Crippen LogP contribution is -2.48. The number of aryl methyl sites for hydroxylation is 3. The van der Waals surface area contributed by atoms with Gasteiger partial charge in [-0.3, -0.25) is 10.4 Å². The Labute approximate surface area is 174 Å². The predicted octanol–water partition coefficient (Wildman–Crippen LogP) is 3.66. The topological polar surface area (TPSA) is 106 Å². The Hall–Kier alpha value is -3.49. The summed E-state index contributed by atoms with van der Waals surface area (Å²) >= 11 is 0. The maximum Gasteiger partial charge on any atom is 0.350 e. The van der Waals surface area contributed by atoms with Gasteiger partial charge in [-0.05, 0) is 67.8 Å². The summed E-state index contributed by atoms with van der Waals surface area (Å²) in [4.78, 5) is 16.0. The number of rotatable bonds is 5. The minimum Gasteiger partial charge on any atom is -0.489 e. The standard InChI is InChI=1S/C22H24FN5O2/c1-13-6-4-8-19(28(25)22(29)27-24)17(13)12-30-20-11-14(2)16(10-15(20)3)21-18(23)7-5-9-26-21/h4-11H,12,24-25H2,1-3H3,(H,27,29). The molecular weight excluding hydrogens is 385 g/mol. The molecule has 0 fully saturated rings. The van der Waals surface area contributed by atoms with Crippen molar-refractivity contribution in [2.75, 3.05) is 5.01 Å². The van der Waals surface area contributed by atoms with Crippen LogP contribution in [0.25, 0.3) is 11.3 Å². The largest absolute Gasteiger partial charge is 0.489 e. The van der Waals surface area contributed by atoms with Crippen LogP contribution in [-0.4, -0.2) is 11.0 Å². The molecule has 5 N–H and O–H groups in total. The number of nitrogens with one attached hydrogen (secondary N) is 1. The van der Waals surface area contributed by atoms with Crippen LogP contribution >= 0.6 is 0 Å². The first kappa shape index (κ1) is 21.2. The van der Waals surface area contributed by atoms with Gasteiger partial charge in [-0.15, -0.1) is 0 Å². The molecular formula is C22H24FN5O2. The molecule has 1 aromatic heterocycles. The van der Waals surface area contributed by atoms with Crippen molar-refractivity contribution in [1.82, 2.24) is 10.4 Å². The Kier molecular flexibility index (Phi) is 6.29. The lowest BCUT2D eigenvalue weighted by atomic mass is 10.0. The van der Waals surface area contributed by atoms with E-state index in [0.29, 0.717) is 22.7 Å². The van der Waals surface area contributed by atoms with E-state index in [1.807, 2.05) is 44.4 Å². The number of amides is 2. The Bertz CT molecular complexity index is 1090. The molecule has 1 heterocycles. The number of hydrogen-bond acceptors (Lipinski definition) is 5. The molecule has 0 aliphatic heterocycles. The first-order chi connectivity index (χ1) is 14.3. The molecule has 0 atom stereocenters. The lowest BCUT2D eigenvalue weighted by Gasteiger charge is -2.21. The third-order valence-electron chi connectivity index (χ3n) is 4.89. The van der Waals surface area contributed by atoms with Gasteiger partial charge in [-0.2, -0.15) is 0 Å². The zero-order valence-corrected chi connectivity index (χ0v) is 17.1. The van der Waals surface area contributed by atoms with Crippen molar-refractivity contribution in [2.45, 2.75) is 27.4 Å². The average Bonchev–Trinajstić information content (AvgIpc) is 2.74. The van der Waals surface area contributed by atoms with Crippen LogP contribution in [0.4, 0.5) is 14.9 Å². The van der Waals surface area contributed by atoms with Crippen molar-refractivity contribution >= 4 is 11.7 Å². The lowest BCUT2D eigenvalue weighted by molar-refractivity contribution is 0.246. The summed E-state index contributed by atoms with van der Waals surface area (Å²) in [6, 6.07) is 11.4. The van der Waals surface area contributed by atoms with Gasteiger partial charge >= 0.3 is 6.03 Å². The van der Waals surface area contributed by atoms with E-state index in [1.54, 1.807) is 24.4 Å². The smallest absolute Gasteiger partial charge is 0.350 e. The molecule has 0 spiro atoms. The van der Waals surface area contributed by atoms with Gasteiger partial charge < -0.3 is 4.74 Å². The molecule has 0 radical (unpaired) electrons. The number of nitrogens with two attached hydrogens (primary N) is 2. The van der Waals surface area contributed by atoms with Gasteiger partial charge in [0, 0.05) is 17.3 Å². The normalized spacial score (nSPS) is 10.6. The molecule has 0 saturated heterocycles. The van der Waals surface area contributed by atoms with E-state index in [0.717, 1.165) is 27.3 Å². The van der Waals surface area contributed by atoms with Gasteiger partial charge in [0.15, 0.2) is 0 Å². The summed E-state index contributed by atoms with van der Waals surface area (Å²) < 4.78 is 20.2. The molecule has 3 aromatic rings. The number of nitrogens with zero attached hydrogens (tertiary/aromatic N) is 2. The molecule has 0 bridgehead atoms. The van der Waals surface area contributed by atoms with Crippen LogP contribution in [0.3, 0.4) is 0 Å². The van der Waals surface area contributed by atoms with Crippen molar-refractivity contribution in [1.29, 1.82) is 0 Å². The number of anilines is 1. The van der Waals surface area contributed by atoms with Crippen LogP contribution in [0.2, 0.25) is 0 Å². The van der Waals surface area contributed by atoms with Gasteiger partial charge in [0.05, 0.1) is 5.69 Å². The number of halogens is 1. The molecule has 2 aromatic carbocycles. The maximum absolute atomic E-state index is 14.2. The first-order valence-corrected chi connectivity index (χ1v) is 9.32. The number of urea groups is 1. The average molecular weight is 409 g/mol. The minimum atomic E-state index is -0.643. The van der Waals surface area contributed by atoms with Crippen LogP contribution in [0.15, 0.2) is 48.7 Å². The van der Waals surface area contributed by atoms with Crippen molar-refractivity contribution in [2.24, 2.45) is 11.7 Å². The highest BCUT2D eigenvalue weighted by Gasteiger charge is 2.17. The molecule has 156 valence electrons. The highest BCUT2D eigenvalue weighted by atomic mass is 19.1. The fraction of sp³-hybridized carbons (Fsp3) is 0.182. The van der Waals surface area contributed by atoms with E-state index >= 15 is 0 Å². The third-order valence-corrected chi connectivity index (χ3v) is 4.89. The van der Waals surface area contributed by atoms with Crippen LogP contribution in [0.1, 0.15) is 22.3 Å². The van der Waals surface area contributed by atoms with E-state index in [9.17, 15) is 9.18 Å². The third kappa shape index (κ3) is 4.24. The van der Waals surface area contributed by atoms with E-state index in [4.69, 9.17) is 16.4 Å². The van der Waals surface area contributed by atoms with Crippen molar-refractivity contribution in [3.8, 4) is 17.0 Å². The Morgan fingerprint density at radius 3 is 2.60 bits per heavy atom. The molecule has 2 amide bonds. The highest BCUT2D eigenvalue weighted by molar-refractivity contribution is 5.91. The number of pyridine rings is 1. The van der Waals surface area contributed by atoms with E-state index in [2.05, 4.69) is 4.98 Å². The number of carbonyl (C=O) groups excluding carboxylic acids is 1. The number of benzene rings is 2. The second-order valence-corrected chi connectivity index (χ2v) is 6.95. The summed E-state index contributed by atoms with van der Waals surface area (Å²) in [5, 5.41) is 0.941. The highest BCUT2D eigenvalue weighted by Crippen LogP contribution is 2.32. The fourth-order valence-corrected chi connectivity index (χ4v) is 3.21. The summed E-state index contributed by atoms with van der Waals surface area (Å²) in [6.45, 7) is 5.85. The predicted molar refractivity (Wildman–Crippen MR) is 114 cm³/mol. The maximum atomic E-state index is 14.2. The van der Waals surface area contributed by atoms with Gasteiger partial charge in [0.2, 0.25) is 0 Å². The monoisotopic (exact) mass is 409 g/mol. The number of aromatic nitrogens is 1. The number of hydrazine groups is 2. The van der Waals surface area contributed by atoms with Crippen molar-refractivity contribution in [3.05, 3.63) is 76.7 Å². The zero-order valence-electron chi connectivity index (χ0n) is 17.1. The van der Waals surface area contributed by atoms with E-state index < -0.39 is 6.03 Å². The summed E-state index contributed by atoms with van der Waals surface area (Å²) in [6.07, 6.45) is 1.56. The summed E-state index contributed by atoms with van der Waals surface area (Å²) in [7, 11) is 0. The molecule has 0 aliphatic carbocycles. The van der Waals surface area contributed by atoms with Gasteiger partial charge in [0.1, 0.15) is 23.9 Å². The molecule has 0 aliphatic rings. The van der Waals surface area contributed by atoms with Crippen LogP contribution in [0, 0.1) is 26.6 Å². The van der Waals surface area contributed by atoms with Gasteiger partial charge in [-0.25, -0.2) is 25.9 Å². The fourth-order valence-electron chi connectivity index (χ4n) is 3.21. The summed E-state index contributed by atoms with van der Waals surface area (Å²) in [5.41, 5.74) is 6.84. The SMILES string of the molecule is Cc1cc(-c2ncccc2F)c(C)cc1OCc1c(C)cccc1N(N)C(=O)NN. The second kappa shape index (κ2) is 8.89. The molecule has 3 rings (SSSR count). The molecule has 7 nitrogen and oxygen atoms in total. The molecule has 0 saturated carbocycles. The number of hydrogen-bond donors (Lipinski definition) is 3. The van der Waals surface area contributed by atoms with Crippen LogP contribution < -0.4 is 26.9 Å². The zero-order chi connectivity index (χ0) is 21.8. The molecule has 0 unspecified atom stereocenters. The molecule has 30 heavy (non-hydrogen) atoms. The quantitative estimate of drug-likeness (QED) is 0.339. The van der Waals surface area contributed by atoms with Crippen molar-refractivity contribution < 1.29 is 13.9 Å². The Morgan fingerprint density at radius 2 is 1.90 bits per heavy atom. The Balaban J connectivity index is 1.90. The number of ether oxygens (including phenoxy) is 1. The number of carbonyl (C=O) groups is 1. The van der Waals surface area contributed by atoms with E-state index in [1.165, 1.54) is 6.07 Å².